The monoisotopic (exact) mass is 336 g/mol. The van der Waals surface area contributed by atoms with Crippen molar-refractivity contribution in [2.75, 3.05) is 6.61 Å². The van der Waals surface area contributed by atoms with Gasteiger partial charge in [0.2, 0.25) is 0 Å². The Labute approximate surface area is 124 Å². The molecule has 0 aliphatic carbocycles. The highest BCUT2D eigenvalue weighted by Crippen LogP contribution is 2.30. The summed E-state index contributed by atoms with van der Waals surface area (Å²) < 4.78 is 6.19. The Morgan fingerprint density at radius 2 is 1.22 bits per heavy atom. The number of hydrogen-bond donors (Lipinski definition) is 0. The normalized spacial score (nSPS) is 12.0. The van der Waals surface area contributed by atoms with Crippen LogP contribution < -0.4 is 0 Å². The van der Waals surface area contributed by atoms with Gasteiger partial charge in [-0.1, -0.05) is 87.4 Å². The Bertz CT molecular complexity index is 164. The van der Waals surface area contributed by atoms with Crippen molar-refractivity contribution in [1.82, 2.24) is 0 Å². The van der Waals surface area contributed by atoms with Gasteiger partial charge in [-0.25, -0.2) is 0 Å². The van der Waals surface area contributed by atoms with E-state index in [0.29, 0.717) is 0 Å². The maximum atomic E-state index is 6.19. The summed E-state index contributed by atoms with van der Waals surface area (Å²) in [6.07, 6.45) is 12.0. The Morgan fingerprint density at radius 1 is 0.722 bits per heavy atom. The van der Waals surface area contributed by atoms with Crippen molar-refractivity contribution in [3.8, 4) is 0 Å². The predicted octanol–water partition coefficient (Wildman–Crippen LogP) is 6.41. The molecule has 0 amide bonds. The summed E-state index contributed by atoms with van der Waals surface area (Å²) in [5, 5.41) is 0. The summed E-state index contributed by atoms with van der Waals surface area (Å²) in [4.78, 5) is 0. The fraction of sp³-hybridized carbons (Fsp3) is 1.00. The Kier molecular flexibility index (Phi) is 13.1. The van der Waals surface area contributed by atoms with Crippen molar-refractivity contribution in [3.63, 3.8) is 0 Å². The van der Waals surface area contributed by atoms with Crippen LogP contribution in [0.2, 0.25) is 12.1 Å². The highest BCUT2D eigenvalue weighted by molar-refractivity contribution is 9.25. The lowest BCUT2D eigenvalue weighted by Crippen LogP contribution is -2.31. The standard InChI is InChI=1S/C15H33BrOSi/c1-4-7-9-11-14-18(16,17-13-6-3)15-12-10-8-5-2/h4-15H2,1-3H3. The summed E-state index contributed by atoms with van der Waals surface area (Å²) in [7, 11) is 0. The molecule has 0 aromatic heterocycles. The molecular formula is C15H33BrOSi. The molecule has 0 fully saturated rings. The van der Waals surface area contributed by atoms with Crippen molar-refractivity contribution in [2.45, 2.75) is 90.6 Å². The molecule has 0 bridgehead atoms. The summed E-state index contributed by atoms with van der Waals surface area (Å²) in [5.74, 6) is 0. The summed E-state index contributed by atoms with van der Waals surface area (Å²) in [6, 6.07) is 2.61. The molecule has 0 saturated carbocycles. The molecule has 0 aliphatic rings. The first-order valence-corrected chi connectivity index (χ1v) is 12.6. The van der Waals surface area contributed by atoms with Gasteiger partial charge < -0.3 is 4.43 Å². The highest BCUT2D eigenvalue weighted by atomic mass is 79.9. The quantitative estimate of drug-likeness (QED) is 0.214. The van der Waals surface area contributed by atoms with Crippen molar-refractivity contribution >= 4 is 22.2 Å². The van der Waals surface area contributed by atoms with Crippen LogP contribution in [0.4, 0.5) is 0 Å². The van der Waals surface area contributed by atoms with E-state index in [0.717, 1.165) is 13.0 Å². The fourth-order valence-corrected chi connectivity index (χ4v) is 7.02. The van der Waals surface area contributed by atoms with Crippen LogP contribution >= 0.6 is 15.3 Å². The van der Waals surface area contributed by atoms with Gasteiger partial charge in [0.15, 0.2) is 0 Å². The summed E-state index contributed by atoms with van der Waals surface area (Å²) >= 11 is 4.01. The lowest BCUT2D eigenvalue weighted by molar-refractivity contribution is 0.311. The minimum Gasteiger partial charge on any atom is -0.406 e. The molecule has 3 heteroatoms. The second-order valence-corrected chi connectivity index (χ2v) is 12.7. The summed E-state index contributed by atoms with van der Waals surface area (Å²) in [6.45, 7) is 6.14. The number of halogens is 1. The van der Waals surface area contributed by atoms with E-state index in [1.807, 2.05) is 0 Å². The number of hydrogen-bond acceptors (Lipinski definition) is 1. The minimum absolute atomic E-state index is 0.943. The van der Waals surface area contributed by atoms with Crippen molar-refractivity contribution < 1.29 is 4.43 Å². The largest absolute Gasteiger partial charge is 0.406 e. The lowest BCUT2D eigenvalue weighted by Gasteiger charge is -2.25. The first kappa shape index (κ1) is 18.7. The topological polar surface area (TPSA) is 9.23 Å². The van der Waals surface area contributed by atoms with E-state index in [2.05, 4.69) is 36.1 Å². The van der Waals surface area contributed by atoms with Crippen molar-refractivity contribution in [3.05, 3.63) is 0 Å². The van der Waals surface area contributed by atoms with Crippen LogP contribution in [0, 0.1) is 0 Å². The molecular weight excluding hydrogens is 304 g/mol. The van der Waals surface area contributed by atoms with Crippen LogP contribution in [0.1, 0.15) is 78.6 Å². The molecule has 0 heterocycles. The molecule has 0 rings (SSSR count). The molecule has 110 valence electrons. The molecule has 1 nitrogen and oxygen atoms in total. The Balaban J connectivity index is 3.90. The predicted molar refractivity (Wildman–Crippen MR) is 88.8 cm³/mol. The van der Waals surface area contributed by atoms with Crippen LogP contribution in [0.15, 0.2) is 0 Å². The van der Waals surface area contributed by atoms with E-state index < -0.39 is 6.94 Å². The van der Waals surface area contributed by atoms with Gasteiger partial charge in [0.25, 0.3) is 6.94 Å². The maximum Gasteiger partial charge on any atom is 0.263 e. The third-order valence-electron chi connectivity index (χ3n) is 3.37. The SMILES string of the molecule is CCCCCC[Si](Br)(CCCCCC)OCCC. The van der Waals surface area contributed by atoms with Crippen LogP contribution in [-0.4, -0.2) is 13.5 Å². The molecule has 0 radical (unpaired) electrons. The smallest absolute Gasteiger partial charge is 0.263 e. The average molecular weight is 337 g/mol. The average Bonchev–Trinajstić information content (AvgIpc) is 2.38. The van der Waals surface area contributed by atoms with E-state index in [9.17, 15) is 0 Å². The van der Waals surface area contributed by atoms with Crippen molar-refractivity contribution in [1.29, 1.82) is 0 Å². The van der Waals surface area contributed by atoms with Crippen LogP contribution in [-0.2, 0) is 4.43 Å². The maximum absolute atomic E-state index is 6.19. The van der Waals surface area contributed by atoms with E-state index in [-0.39, 0.29) is 0 Å². The highest BCUT2D eigenvalue weighted by Gasteiger charge is 2.30. The van der Waals surface area contributed by atoms with Crippen LogP contribution in [0.25, 0.3) is 0 Å². The number of rotatable bonds is 13. The Hall–Kier alpha value is 0.657. The Morgan fingerprint density at radius 3 is 1.61 bits per heavy atom. The van der Waals surface area contributed by atoms with Gasteiger partial charge in [0, 0.05) is 6.61 Å². The molecule has 0 aromatic rings. The van der Waals surface area contributed by atoms with E-state index >= 15 is 0 Å². The van der Waals surface area contributed by atoms with Gasteiger partial charge in [-0.3, -0.25) is 0 Å². The van der Waals surface area contributed by atoms with Gasteiger partial charge in [-0.15, -0.1) is 0 Å². The zero-order valence-corrected chi connectivity index (χ0v) is 15.4. The van der Waals surface area contributed by atoms with Gasteiger partial charge in [0.1, 0.15) is 0 Å². The zero-order chi connectivity index (χ0) is 13.7. The molecule has 0 saturated heterocycles. The number of unbranched alkanes of at least 4 members (excludes halogenated alkanes) is 6. The molecule has 0 unspecified atom stereocenters. The first-order valence-electron chi connectivity index (χ1n) is 8.01. The second-order valence-electron chi connectivity index (χ2n) is 5.35. The van der Waals surface area contributed by atoms with E-state index in [4.69, 9.17) is 4.43 Å². The summed E-state index contributed by atoms with van der Waals surface area (Å²) in [5.41, 5.74) is 0. The fourth-order valence-electron chi connectivity index (χ4n) is 2.19. The van der Waals surface area contributed by atoms with E-state index in [1.165, 1.54) is 63.5 Å². The molecule has 0 atom stereocenters. The van der Waals surface area contributed by atoms with E-state index in [1.54, 1.807) is 0 Å². The first-order chi connectivity index (χ1) is 8.68. The molecule has 0 spiro atoms. The molecule has 18 heavy (non-hydrogen) atoms. The third kappa shape index (κ3) is 10.6. The minimum atomic E-state index is -1.56. The van der Waals surface area contributed by atoms with Gasteiger partial charge >= 0.3 is 0 Å². The van der Waals surface area contributed by atoms with Crippen molar-refractivity contribution in [2.24, 2.45) is 0 Å². The molecule has 0 aromatic carbocycles. The molecule has 0 aliphatic heterocycles. The van der Waals surface area contributed by atoms with Gasteiger partial charge in [-0.2, -0.15) is 0 Å². The second kappa shape index (κ2) is 12.7. The zero-order valence-electron chi connectivity index (χ0n) is 12.8. The van der Waals surface area contributed by atoms with Crippen LogP contribution in [0.3, 0.4) is 0 Å². The lowest BCUT2D eigenvalue weighted by atomic mass is 10.2. The van der Waals surface area contributed by atoms with Gasteiger partial charge in [0.05, 0.1) is 0 Å². The van der Waals surface area contributed by atoms with Crippen LogP contribution in [0.5, 0.6) is 0 Å². The third-order valence-corrected chi connectivity index (χ3v) is 9.36. The van der Waals surface area contributed by atoms with Gasteiger partial charge in [-0.05, 0) is 18.5 Å². The molecule has 0 N–H and O–H groups in total.